The van der Waals surface area contributed by atoms with Crippen LogP contribution in [0, 0.1) is 0 Å². The van der Waals surface area contributed by atoms with E-state index in [1.807, 2.05) is 12.4 Å². The highest BCUT2D eigenvalue weighted by Crippen LogP contribution is 2.36. The molecule has 0 amide bonds. The highest BCUT2D eigenvalue weighted by atomic mass is 14.6. The number of benzene rings is 8. The maximum atomic E-state index is 4.31. The lowest BCUT2D eigenvalue weighted by Gasteiger charge is -2.14. The Kier molecular flexibility index (Phi) is 11.4. The van der Waals surface area contributed by atoms with Gasteiger partial charge in [0.25, 0.3) is 0 Å². The molecule has 1 heterocycles. The van der Waals surface area contributed by atoms with Crippen molar-refractivity contribution in [3.63, 3.8) is 0 Å². The van der Waals surface area contributed by atoms with Crippen molar-refractivity contribution in [2.45, 2.75) is 0 Å². The molecule has 9 aromatic rings. The van der Waals surface area contributed by atoms with Crippen LogP contribution in [0.4, 0.5) is 0 Å². The molecule has 9 rings (SSSR count). The number of nitrogens with zero attached hydrogens (tertiary/aromatic N) is 1. The van der Waals surface area contributed by atoms with Gasteiger partial charge in [-0.1, -0.05) is 218 Å². The van der Waals surface area contributed by atoms with Crippen molar-refractivity contribution in [2.75, 3.05) is 0 Å². The summed E-state index contributed by atoms with van der Waals surface area (Å²) in [6, 6.07) is 75.3. The van der Waals surface area contributed by atoms with Gasteiger partial charge >= 0.3 is 0 Å². The van der Waals surface area contributed by atoms with Crippen molar-refractivity contribution >= 4 is 58.4 Å². The van der Waals surface area contributed by atoms with Gasteiger partial charge in [0.05, 0.1) is 0 Å². The van der Waals surface area contributed by atoms with Crippen LogP contribution in [0.25, 0.3) is 69.5 Å². The fraction of sp³-hybridized carbons (Fsp3) is 0. The second kappa shape index (κ2) is 18.2. The Hall–Kier alpha value is -7.87. The van der Waals surface area contributed by atoms with Gasteiger partial charge in [-0.2, -0.15) is 0 Å². The summed E-state index contributed by atoms with van der Waals surface area (Å²) in [7, 11) is 0. The molecule has 0 N–H and O–H groups in total. The van der Waals surface area contributed by atoms with Crippen molar-refractivity contribution in [1.82, 2.24) is 4.98 Å². The molecule has 1 aromatic heterocycles. The summed E-state index contributed by atoms with van der Waals surface area (Å²) in [5.74, 6) is 0. The maximum absolute atomic E-state index is 4.31. The topological polar surface area (TPSA) is 12.9 Å². The minimum absolute atomic E-state index is 1.13. The fourth-order valence-electron chi connectivity index (χ4n) is 7.76. The van der Waals surface area contributed by atoms with E-state index in [4.69, 9.17) is 0 Å². The number of fused-ring (bicyclic) bond motifs is 1. The quantitative estimate of drug-likeness (QED) is 0.120. The average Bonchev–Trinajstić information content (AvgIpc) is 3.33. The van der Waals surface area contributed by atoms with E-state index in [1.165, 1.54) is 55.3 Å². The number of aromatic nitrogens is 1. The Morgan fingerprint density at radius 1 is 0.333 bits per heavy atom. The Morgan fingerprint density at radius 2 is 0.717 bits per heavy atom. The highest BCUT2D eigenvalue weighted by Gasteiger charge is 2.12. The van der Waals surface area contributed by atoms with Crippen LogP contribution in [0.3, 0.4) is 0 Å². The molecule has 0 spiro atoms. The van der Waals surface area contributed by atoms with E-state index in [0.717, 1.165) is 33.4 Å². The Labute approximate surface area is 353 Å². The summed E-state index contributed by atoms with van der Waals surface area (Å²) in [6.07, 6.45) is 17.3. The molecular formula is C59H43N. The Bertz CT molecular complexity index is 2860. The predicted molar refractivity (Wildman–Crippen MR) is 258 cm³/mol. The van der Waals surface area contributed by atoms with Gasteiger partial charge in [-0.05, 0) is 119 Å². The summed E-state index contributed by atoms with van der Waals surface area (Å²) in [6.45, 7) is 0. The zero-order valence-corrected chi connectivity index (χ0v) is 33.3. The van der Waals surface area contributed by atoms with E-state index < -0.39 is 0 Å². The molecule has 8 aromatic carbocycles. The third kappa shape index (κ3) is 8.82. The molecule has 0 fully saturated rings. The van der Waals surface area contributed by atoms with E-state index in [2.05, 4.69) is 254 Å². The van der Waals surface area contributed by atoms with E-state index in [-0.39, 0.29) is 0 Å². The van der Waals surface area contributed by atoms with Crippen molar-refractivity contribution in [1.29, 1.82) is 0 Å². The molecule has 60 heavy (non-hydrogen) atoms. The van der Waals surface area contributed by atoms with Crippen LogP contribution in [0.15, 0.2) is 225 Å². The smallest absolute Gasteiger partial charge is 0.0273 e. The summed E-state index contributed by atoms with van der Waals surface area (Å²) in [5.41, 5.74) is 16.4. The molecule has 284 valence electrons. The maximum Gasteiger partial charge on any atom is 0.0273 e. The van der Waals surface area contributed by atoms with E-state index in [0.29, 0.717) is 0 Å². The van der Waals surface area contributed by atoms with Gasteiger partial charge in [0, 0.05) is 12.4 Å². The van der Waals surface area contributed by atoms with Crippen molar-refractivity contribution in [2.24, 2.45) is 0 Å². The predicted octanol–water partition coefficient (Wildman–Crippen LogP) is 15.4. The van der Waals surface area contributed by atoms with Crippen molar-refractivity contribution in [3.8, 4) is 11.1 Å². The van der Waals surface area contributed by atoms with Crippen molar-refractivity contribution in [3.05, 3.63) is 280 Å². The average molecular weight is 766 g/mol. The van der Waals surface area contributed by atoms with E-state index >= 15 is 0 Å². The molecule has 1 heteroatoms. The zero-order valence-electron chi connectivity index (χ0n) is 33.3. The third-order valence-electron chi connectivity index (χ3n) is 10.8. The van der Waals surface area contributed by atoms with Crippen LogP contribution in [-0.2, 0) is 0 Å². The van der Waals surface area contributed by atoms with Crippen LogP contribution in [0.1, 0.15) is 55.6 Å². The molecule has 0 bridgehead atoms. The zero-order chi connectivity index (χ0) is 40.4. The number of rotatable bonds is 11. The first kappa shape index (κ1) is 37.7. The summed E-state index contributed by atoms with van der Waals surface area (Å²) in [4.78, 5) is 4.31. The SMILES string of the molecule is C(=Cc1cc(-c2ccncc2)c2ccccc2c1C=Cc1ccc(C=C(c2ccccc2)c2ccccc2)cc1)c1ccc(C=C(c2ccccc2)c2ccccc2)cc1. The lowest BCUT2D eigenvalue weighted by atomic mass is 9.90. The van der Waals surface area contributed by atoms with E-state index in [1.54, 1.807) is 0 Å². The molecule has 0 aliphatic carbocycles. The normalized spacial score (nSPS) is 11.2. The van der Waals surface area contributed by atoms with Crippen LogP contribution < -0.4 is 0 Å². The van der Waals surface area contributed by atoms with Crippen LogP contribution in [-0.4, -0.2) is 4.98 Å². The molecule has 1 nitrogen and oxygen atoms in total. The first-order valence-corrected chi connectivity index (χ1v) is 20.4. The Morgan fingerprint density at radius 3 is 1.17 bits per heavy atom. The van der Waals surface area contributed by atoms with Crippen LogP contribution >= 0.6 is 0 Å². The van der Waals surface area contributed by atoms with Crippen LogP contribution in [0.2, 0.25) is 0 Å². The summed E-state index contributed by atoms with van der Waals surface area (Å²) < 4.78 is 0. The highest BCUT2D eigenvalue weighted by molar-refractivity contribution is 6.05. The van der Waals surface area contributed by atoms with Crippen molar-refractivity contribution < 1.29 is 0 Å². The first-order valence-electron chi connectivity index (χ1n) is 20.4. The van der Waals surface area contributed by atoms with Gasteiger partial charge in [0.15, 0.2) is 0 Å². The minimum Gasteiger partial charge on any atom is -0.265 e. The van der Waals surface area contributed by atoms with Gasteiger partial charge in [0.1, 0.15) is 0 Å². The van der Waals surface area contributed by atoms with Gasteiger partial charge in [0.2, 0.25) is 0 Å². The molecule has 0 unspecified atom stereocenters. The van der Waals surface area contributed by atoms with Gasteiger partial charge in [-0.25, -0.2) is 0 Å². The monoisotopic (exact) mass is 765 g/mol. The Balaban J connectivity index is 1.06. The second-order valence-electron chi connectivity index (χ2n) is 14.8. The fourth-order valence-corrected chi connectivity index (χ4v) is 7.76. The number of hydrogen-bond donors (Lipinski definition) is 0. The summed E-state index contributed by atoms with van der Waals surface area (Å²) >= 11 is 0. The lowest BCUT2D eigenvalue weighted by Crippen LogP contribution is -1.90. The van der Waals surface area contributed by atoms with Gasteiger partial charge < -0.3 is 0 Å². The van der Waals surface area contributed by atoms with Crippen LogP contribution in [0.5, 0.6) is 0 Å². The molecule has 0 aliphatic rings. The second-order valence-corrected chi connectivity index (χ2v) is 14.8. The van der Waals surface area contributed by atoms with Gasteiger partial charge in [-0.15, -0.1) is 0 Å². The van der Waals surface area contributed by atoms with E-state index in [9.17, 15) is 0 Å². The molecular weight excluding hydrogens is 723 g/mol. The van der Waals surface area contributed by atoms with Gasteiger partial charge in [-0.3, -0.25) is 4.98 Å². The molecule has 0 atom stereocenters. The summed E-state index contributed by atoms with van der Waals surface area (Å²) in [5, 5.41) is 2.41. The standard InChI is InChI=1S/C59H43N/c1-5-15-48(16-6-1)57(49-17-7-2-8-18-49)41-46-29-25-44(26-30-46)33-35-53-43-59(52-37-39-60-40-38-52)56-24-14-13-23-55(56)54(53)36-34-45-27-31-47(32-28-45)42-58(50-19-9-3-10-20-50)51-21-11-4-12-22-51/h1-43H. The largest absolute Gasteiger partial charge is 0.265 e. The number of pyridine rings is 1. The third-order valence-corrected chi connectivity index (χ3v) is 10.8. The first-order chi connectivity index (χ1) is 29.7. The number of hydrogen-bond acceptors (Lipinski definition) is 1. The minimum atomic E-state index is 1.13. The molecule has 0 saturated heterocycles. The molecule has 0 aliphatic heterocycles. The molecule has 0 saturated carbocycles. The lowest BCUT2D eigenvalue weighted by molar-refractivity contribution is 1.33. The molecule has 0 radical (unpaired) electrons.